The van der Waals surface area contributed by atoms with Crippen molar-refractivity contribution < 1.29 is 18.4 Å². The molecule has 3 heterocycles. The van der Waals surface area contributed by atoms with Crippen LogP contribution in [0, 0.1) is 5.92 Å². The molecule has 0 saturated carbocycles. The second-order valence-electron chi connectivity index (χ2n) is 7.46. The van der Waals surface area contributed by atoms with E-state index in [9.17, 15) is 5.11 Å². The molecule has 4 nitrogen and oxygen atoms in total. The van der Waals surface area contributed by atoms with Crippen molar-refractivity contribution >= 4 is 27.0 Å². The molecule has 3 aromatic heterocycles. The summed E-state index contributed by atoms with van der Waals surface area (Å²) in [7, 11) is 0. The summed E-state index contributed by atoms with van der Waals surface area (Å²) in [6.07, 6.45) is 9.97. The molecule has 5 heteroatoms. The Labute approximate surface area is 163 Å². The van der Waals surface area contributed by atoms with Gasteiger partial charge in [0.1, 0.15) is 0 Å². The van der Waals surface area contributed by atoms with E-state index in [1.54, 1.807) is 18.8 Å². The molecule has 2 atom stereocenters. The maximum absolute atomic E-state index is 11.5. The number of furan rings is 3. The van der Waals surface area contributed by atoms with E-state index in [4.69, 9.17) is 13.3 Å². The topological polar surface area (TPSA) is 59.7 Å². The fourth-order valence-electron chi connectivity index (χ4n) is 3.70. The molecule has 0 aliphatic rings. The SMILES string of the molecule is CC(C)=CCCC(C)C[CH](O)[Ge]([c]1ccco1)([c]1ccco1)[c]1ccco1. The van der Waals surface area contributed by atoms with Crippen LogP contribution in [0.5, 0.6) is 0 Å². The molecule has 3 aromatic rings. The molecule has 2 unspecified atom stereocenters. The number of aliphatic hydroxyl groups excluding tert-OH is 1. The molecule has 0 amide bonds. The Bertz CT molecular complexity index is 728. The van der Waals surface area contributed by atoms with Crippen LogP contribution in [-0.4, -0.2) is 23.3 Å². The fraction of sp³-hybridized carbons (Fsp3) is 0.364. The Morgan fingerprint density at radius 3 is 1.81 bits per heavy atom. The molecular weight excluding hydrogens is 401 g/mol. The average molecular weight is 429 g/mol. The normalized spacial score (nSPS) is 14.1. The average Bonchev–Trinajstić information content (AvgIpc) is 3.40. The summed E-state index contributed by atoms with van der Waals surface area (Å²) in [5.74, 6) is 0.375. The van der Waals surface area contributed by atoms with Crippen molar-refractivity contribution in [3.8, 4) is 0 Å². The quantitative estimate of drug-likeness (QED) is 0.417. The van der Waals surface area contributed by atoms with Gasteiger partial charge in [-0.05, 0) is 0 Å². The molecule has 3 rings (SSSR count). The molecule has 0 saturated heterocycles. The van der Waals surface area contributed by atoms with Gasteiger partial charge in [-0.15, -0.1) is 0 Å². The summed E-state index contributed by atoms with van der Waals surface area (Å²) < 4.78 is 20.0. The number of allylic oxidation sites excluding steroid dienone is 2. The van der Waals surface area contributed by atoms with Crippen molar-refractivity contribution in [1.82, 2.24) is 0 Å². The number of hydrogen-bond donors (Lipinski definition) is 1. The number of aliphatic hydroxyl groups is 1. The monoisotopic (exact) mass is 430 g/mol. The Morgan fingerprint density at radius 2 is 1.44 bits per heavy atom. The van der Waals surface area contributed by atoms with E-state index in [2.05, 4.69) is 26.8 Å². The summed E-state index contributed by atoms with van der Waals surface area (Å²) >= 11 is -3.63. The van der Waals surface area contributed by atoms with Crippen LogP contribution in [-0.2, 0) is 0 Å². The predicted molar refractivity (Wildman–Crippen MR) is 109 cm³/mol. The van der Waals surface area contributed by atoms with Gasteiger partial charge in [0.2, 0.25) is 0 Å². The van der Waals surface area contributed by atoms with Crippen molar-refractivity contribution in [3.05, 3.63) is 66.8 Å². The predicted octanol–water partition coefficient (Wildman–Crippen LogP) is 3.61. The van der Waals surface area contributed by atoms with Crippen molar-refractivity contribution in [1.29, 1.82) is 0 Å². The summed E-state index contributed by atoms with van der Waals surface area (Å²) in [6, 6.07) is 11.4. The van der Waals surface area contributed by atoms with Crippen LogP contribution in [0.15, 0.2) is 80.1 Å². The van der Waals surface area contributed by atoms with Gasteiger partial charge in [-0.2, -0.15) is 0 Å². The minimum absolute atomic E-state index is 0.375. The van der Waals surface area contributed by atoms with E-state index in [-0.39, 0.29) is 0 Å². The minimum atomic E-state index is -3.63. The first-order valence-electron chi connectivity index (χ1n) is 9.48. The van der Waals surface area contributed by atoms with Crippen LogP contribution >= 0.6 is 0 Å². The second kappa shape index (κ2) is 8.85. The van der Waals surface area contributed by atoms with Gasteiger partial charge in [0.05, 0.1) is 0 Å². The fourth-order valence-corrected chi connectivity index (χ4v) is 12.7. The van der Waals surface area contributed by atoms with Crippen molar-refractivity contribution in [2.24, 2.45) is 5.92 Å². The van der Waals surface area contributed by atoms with Gasteiger partial charge in [0, 0.05) is 0 Å². The van der Waals surface area contributed by atoms with Crippen LogP contribution < -0.4 is 13.8 Å². The maximum atomic E-state index is 11.5. The van der Waals surface area contributed by atoms with Gasteiger partial charge in [-0.1, -0.05) is 0 Å². The van der Waals surface area contributed by atoms with Crippen molar-refractivity contribution in [2.45, 2.75) is 45.0 Å². The first-order valence-corrected chi connectivity index (χ1v) is 13.8. The standard InChI is InChI=1S/C22H28GeO4/c1-17(2)8-4-9-18(3)16-19(24)23(20-10-5-13-25-20,21-11-6-14-26-21)22-12-7-15-27-22/h5-8,10-15,18-19,24H,4,9,16H2,1-3H3. The zero-order chi connectivity index (χ0) is 19.3. The summed E-state index contributed by atoms with van der Waals surface area (Å²) in [5, 5.41) is 11.5. The third-order valence-corrected chi connectivity index (χ3v) is 14.3. The molecule has 0 spiro atoms. The van der Waals surface area contributed by atoms with Crippen LogP contribution in [0.4, 0.5) is 0 Å². The summed E-state index contributed by atoms with van der Waals surface area (Å²) in [4.78, 5) is -0.574. The molecule has 0 bridgehead atoms. The third-order valence-electron chi connectivity index (χ3n) is 5.07. The molecule has 0 fully saturated rings. The Kier molecular flexibility index (Phi) is 6.50. The molecule has 1 N–H and O–H groups in total. The Hall–Kier alpha value is -1.92. The van der Waals surface area contributed by atoms with Crippen LogP contribution in [0.1, 0.15) is 40.0 Å². The van der Waals surface area contributed by atoms with Crippen molar-refractivity contribution in [2.75, 3.05) is 0 Å². The summed E-state index contributed by atoms with van der Waals surface area (Å²) in [5.41, 5.74) is 1.33. The van der Waals surface area contributed by atoms with E-state index < -0.39 is 18.2 Å². The van der Waals surface area contributed by atoms with Crippen molar-refractivity contribution in [3.63, 3.8) is 0 Å². The zero-order valence-corrected chi connectivity index (χ0v) is 18.3. The first kappa shape index (κ1) is 19.8. The van der Waals surface area contributed by atoms with E-state index in [1.165, 1.54) is 5.57 Å². The van der Waals surface area contributed by atoms with E-state index in [1.807, 2.05) is 36.4 Å². The second-order valence-corrected chi connectivity index (χ2v) is 15.3. The van der Waals surface area contributed by atoms with Gasteiger partial charge in [-0.25, -0.2) is 0 Å². The van der Waals surface area contributed by atoms with Gasteiger partial charge in [0.25, 0.3) is 0 Å². The molecule has 0 aliphatic carbocycles. The van der Waals surface area contributed by atoms with Gasteiger partial charge in [0.15, 0.2) is 0 Å². The molecule has 0 radical (unpaired) electrons. The van der Waals surface area contributed by atoms with Gasteiger partial charge in [-0.3, -0.25) is 0 Å². The zero-order valence-electron chi connectivity index (χ0n) is 16.2. The Morgan fingerprint density at radius 1 is 0.963 bits per heavy atom. The Balaban J connectivity index is 1.96. The first-order chi connectivity index (χ1) is 13.0. The number of hydrogen-bond acceptors (Lipinski definition) is 4. The summed E-state index contributed by atoms with van der Waals surface area (Å²) in [6.45, 7) is 6.43. The van der Waals surface area contributed by atoms with Gasteiger partial charge >= 0.3 is 163 Å². The molecule has 0 aromatic carbocycles. The van der Waals surface area contributed by atoms with Crippen LogP contribution in [0.25, 0.3) is 0 Å². The molecule has 144 valence electrons. The molecule has 27 heavy (non-hydrogen) atoms. The molecule has 0 aliphatic heterocycles. The van der Waals surface area contributed by atoms with Crippen LogP contribution in [0.2, 0.25) is 0 Å². The van der Waals surface area contributed by atoms with Crippen LogP contribution in [0.3, 0.4) is 0 Å². The van der Waals surface area contributed by atoms with E-state index in [0.29, 0.717) is 12.3 Å². The molecular formula is C22H28GeO4. The van der Waals surface area contributed by atoms with Gasteiger partial charge < -0.3 is 0 Å². The van der Waals surface area contributed by atoms with E-state index >= 15 is 0 Å². The third kappa shape index (κ3) is 4.17. The number of rotatable bonds is 9. The van der Waals surface area contributed by atoms with E-state index in [0.717, 1.165) is 26.6 Å².